The van der Waals surface area contributed by atoms with Crippen molar-refractivity contribution in [2.75, 3.05) is 57.8 Å². The Kier molecular flexibility index (Phi) is 9.15. The van der Waals surface area contributed by atoms with Crippen molar-refractivity contribution in [2.24, 2.45) is 17.8 Å². The zero-order chi connectivity index (χ0) is 28.2. The van der Waals surface area contributed by atoms with Crippen LogP contribution >= 0.6 is 0 Å². The first-order valence-electron chi connectivity index (χ1n) is 15.0. The summed E-state index contributed by atoms with van der Waals surface area (Å²) in [5, 5.41) is 5.91. The number of carbonyl (C=O) groups excluding carboxylic acids is 4. The summed E-state index contributed by atoms with van der Waals surface area (Å²) < 4.78 is 15.3. The van der Waals surface area contributed by atoms with Gasteiger partial charge in [-0.3, -0.25) is 19.3 Å². The number of likely N-dealkylation sites (N-methyl/N-ethyl adjacent to an activating group) is 1. The van der Waals surface area contributed by atoms with E-state index in [0.717, 1.165) is 42.8 Å². The van der Waals surface area contributed by atoms with Crippen LogP contribution in [0, 0.1) is 23.6 Å². The zero-order valence-corrected chi connectivity index (χ0v) is 23.5. The van der Waals surface area contributed by atoms with Gasteiger partial charge in [-0.25, -0.2) is 4.39 Å². The molecular formula is C30H42FN5O4. The molecule has 3 amide bonds. The number of halogens is 1. The first-order chi connectivity index (χ1) is 19.4. The van der Waals surface area contributed by atoms with E-state index in [2.05, 4.69) is 15.5 Å². The molecule has 9 nitrogen and oxygen atoms in total. The molecule has 10 heteroatoms. The quantitative estimate of drug-likeness (QED) is 0.357. The fraction of sp³-hybridized carbons (Fsp3) is 0.667. The highest BCUT2D eigenvalue weighted by Gasteiger charge is 2.43. The van der Waals surface area contributed by atoms with Crippen LogP contribution in [-0.4, -0.2) is 92.7 Å². The molecular weight excluding hydrogens is 513 g/mol. The van der Waals surface area contributed by atoms with Gasteiger partial charge in [-0.05, 0) is 101 Å². The minimum absolute atomic E-state index is 0.0223. The van der Waals surface area contributed by atoms with E-state index in [0.29, 0.717) is 36.9 Å². The molecule has 0 spiro atoms. The van der Waals surface area contributed by atoms with Crippen LogP contribution in [0.3, 0.4) is 0 Å². The van der Waals surface area contributed by atoms with Crippen molar-refractivity contribution in [3.05, 3.63) is 29.1 Å². The van der Waals surface area contributed by atoms with Gasteiger partial charge in [-0.2, -0.15) is 0 Å². The minimum Gasteiger partial charge on any atom is -0.369 e. The Morgan fingerprint density at radius 1 is 1.00 bits per heavy atom. The van der Waals surface area contributed by atoms with Crippen molar-refractivity contribution in [2.45, 2.75) is 57.4 Å². The maximum Gasteiger partial charge on any atom is 0.262 e. The second kappa shape index (κ2) is 12.8. The first kappa shape index (κ1) is 28.7. The molecule has 1 aromatic rings. The van der Waals surface area contributed by atoms with Crippen LogP contribution < -0.4 is 15.5 Å². The highest BCUT2D eigenvalue weighted by molar-refractivity contribution is 6.23. The van der Waals surface area contributed by atoms with Gasteiger partial charge in [0.15, 0.2) is 0 Å². The molecule has 0 aromatic heterocycles. The Balaban J connectivity index is 1.19. The molecule has 0 aliphatic carbocycles. The number of fused-ring (bicyclic) bond motifs is 1. The van der Waals surface area contributed by atoms with Gasteiger partial charge in [0.1, 0.15) is 18.1 Å². The van der Waals surface area contributed by atoms with Crippen LogP contribution in [0.4, 0.5) is 10.1 Å². The molecule has 1 aromatic carbocycles. The lowest BCUT2D eigenvalue weighted by molar-refractivity contribution is -0.124. The van der Waals surface area contributed by atoms with Gasteiger partial charge in [0.2, 0.25) is 5.91 Å². The average molecular weight is 556 g/mol. The molecule has 0 radical (unpaired) electrons. The van der Waals surface area contributed by atoms with Crippen LogP contribution in [0.15, 0.2) is 12.1 Å². The Morgan fingerprint density at radius 2 is 1.60 bits per heavy atom. The fourth-order valence-electron chi connectivity index (χ4n) is 7.21. The largest absolute Gasteiger partial charge is 0.369 e. The minimum atomic E-state index is -1.11. The Morgan fingerprint density at radius 3 is 2.20 bits per heavy atom. The number of benzene rings is 1. The Bertz CT molecular complexity index is 1110. The van der Waals surface area contributed by atoms with E-state index in [9.17, 15) is 19.2 Å². The summed E-state index contributed by atoms with van der Waals surface area (Å²) in [7, 11) is 1.41. The van der Waals surface area contributed by atoms with E-state index in [1.807, 2.05) is 4.90 Å². The molecule has 0 bridgehead atoms. The van der Waals surface area contributed by atoms with E-state index in [-0.39, 0.29) is 24.0 Å². The molecule has 5 rings (SSSR count). The normalized spacial score (nSPS) is 22.4. The van der Waals surface area contributed by atoms with E-state index in [1.54, 1.807) is 0 Å². The van der Waals surface area contributed by atoms with Crippen LogP contribution in [0.1, 0.15) is 72.1 Å². The van der Waals surface area contributed by atoms with Gasteiger partial charge in [0, 0.05) is 33.1 Å². The van der Waals surface area contributed by atoms with E-state index in [1.165, 1.54) is 58.4 Å². The van der Waals surface area contributed by atoms with Gasteiger partial charge >= 0.3 is 0 Å². The summed E-state index contributed by atoms with van der Waals surface area (Å²) in [5.74, 6) is -0.228. The third kappa shape index (κ3) is 5.93. The van der Waals surface area contributed by atoms with Crippen molar-refractivity contribution >= 4 is 29.7 Å². The van der Waals surface area contributed by atoms with Gasteiger partial charge in [0.25, 0.3) is 11.8 Å². The third-order valence-corrected chi connectivity index (χ3v) is 9.56. The number of aldehydes is 1. The van der Waals surface area contributed by atoms with Crippen molar-refractivity contribution in [1.82, 2.24) is 20.4 Å². The van der Waals surface area contributed by atoms with E-state index in [4.69, 9.17) is 0 Å². The lowest BCUT2D eigenvalue weighted by Crippen LogP contribution is -2.48. The monoisotopic (exact) mass is 555 g/mol. The highest BCUT2D eigenvalue weighted by atomic mass is 19.1. The summed E-state index contributed by atoms with van der Waals surface area (Å²) >= 11 is 0. The summed E-state index contributed by atoms with van der Waals surface area (Å²) in [4.78, 5) is 55.2. The van der Waals surface area contributed by atoms with Crippen LogP contribution in [0.2, 0.25) is 0 Å². The molecule has 3 fully saturated rings. The number of rotatable bonds is 9. The van der Waals surface area contributed by atoms with Gasteiger partial charge < -0.3 is 25.2 Å². The molecule has 218 valence electrons. The zero-order valence-electron chi connectivity index (χ0n) is 23.5. The molecule has 4 aliphatic heterocycles. The third-order valence-electron chi connectivity index (χ3n) is 9.56. The molecule has 3 saturated heterocycles. The molecule has 1 atom stereocenters. The van der Waals surface area contributed by atoms with Crippen molar-refractivity contribution in [1.29, 1.82) is 0 Å². The number of hydrogen-bond donors (Lipinski definition) is 2. The second-order valence-electron chi connectivity index (χ2n) is 11.9. The molecule has 0 saturated carbocycles. The number of nitrogens with zero attached hydrogens (tertiary/aromatic N) is 3. The number of amides is 3. The lowest BCUT2D eigenvalue weighted by Gasteiger charge is -2.41. The lowest BCUT2D eigenvalue weighted by atomic mass is 9.78. The SMILES string of the molecule is CNC(=O)C(CCC=O)N1C(=O)c2cc(F)c(N3CCC(C4CCN(CC5CCNCC5)CC4)CC3)cc2C1=O. The number of hydrogen-bond acceptors (Lipinski definition) is 7. The van der Waals surface area contributed by atoms with Gasteiger partial charge in [0.05, 0.1) is 16.8 Å². The molecule has 2 N–H and O–H groups in total. The van der Waals surface area contributed by atoms with Crippen molar-refractivity contribution < 1.29 is 23.6 Å². The molecule has 1 unspecified atom stereocenters. The number of anilines is 1. The topological polar surface area (TPSA) is 102 Å². The van der Waals surface area contributed by atoms with Crippen molar-refractivity contribution in [3.8, 4) is 0 Å². The number of piperidine rings is 3. The van der Waals surface area contributed by atoms with Gasteiger partial charge in [-0.15, -0.1) is 0 Å². The van der Waals surface area contributed by atoms with E-state index >= 15 is 4.39 Å². The van der Waals surface area contributed by atoms with Gasteiger partial charge in [-0.1, -0.05) is 0 Å². The predicted molar refractivity (Wildman–Crippen MR) is 150 cm³/mol. The number of imide groups is 1. The maximum atomic E-state index is 15.3. The average Bonchev–Trinajstić information content (AvgIpc) is 3.22. The number of nitrogens with one attached hydrogen (secondary N) is 2. The maximum absolute atomic E-state index is 15.3. The fourth-order valence-corrected chi connectivity index (χ4v) is 7.21. The summed E-state index contributed by atoms with van der Waals surface area (Å²) in [6.07, 6.45) is 7.68. The van der Waals surface area contributed by atoms with Crippen LogP contribution in [-0.2, 0) is 9.59 Å². The van der Waals surface area contributed by atoms with Crippen molar-refractivity contribution in [3.63, 3.8) is 0 Å². The number of likely N-dealkylation sites (tertiary alicyclic amines) is 1. The molecule has 4 heterocycles. The highest BCUT2D eigenvalue weighted by Crippen LogP contribution is 2.37. The van der Waals surface area contributed by atoms with E-state index < -0.39 is 29.6 Å². The standard InChI is InChI=1S/C30H42FN5O4/c1-32-28(38)26(3-2-16-37)36-29(39)23-17-25(31)27(18-24(23)30(36)40)35-14-8-22(9-15-35)21-6-12-34(13-7-21)19-20-4-10-33-11-5-20/h16-18,20-22,26,33H,2-15,19H2,1H3,(H,32,38). The summed E-state index contributed by atoms with van der Waals surface area (Å²) in [6.45, 7) is 7.28. The Labute approximate surface area is 235 Å². The first-order valence-corrected chi connectivity index (χ1v) is 15.0. The van der Waals surface area contributed by atoms with Crippen LogP contribution in [0.25, 0.3) is 0 Å². The number of carbonyl (C=O) groups is 4. The van der Waals surface area contributed by atoms with Crippen LogP contribution in [0.5, 0.6) is 0 Å². The predicted octanol–water partition coefficient (Wildman–Crippen LogP) is 2.44. The smallest absolute Gasteiger partial charge is 0.262 e. The summed E-state index contributed by atoms with van der Waals surface area (Å²) in [5.41, 5.74) is 0.420. The Hall–Kier alpha value is -2.85. The molecule has 4 aliphatic rings. The summed E-state index contributed by atoms with van der Waals surface area (Å²) in [6, 6.07) is 1.50. The molecule has 40 heavy (non-hydrogen) atoms. The second-order valence-corrected chi connectivity index (χ2v) is 11.9.